The number of aryl methyl sites for hydroxylation is 1. The number of halogens is 1. The molecule has 0 amide bonds. The molecule has 17 heavy (non-hydrogen) atoms. The van der Waals surface area contributed by atoms with Crippen molar-refractivity contribution in [3.63, 3.8) is 0 Å². The number of hydrogen-bond acceptors (Lipinski definition) is 4. The van der Waals surface area contributed by atoms with Crippen molar-refractivity contribution in [2.24, 2.45) is 5.73 Å². The van der Waals surface area contributed by atoms with Crippen molar-refractivity contribution in [2.75, 3.05) is 6.54 Å². The van der Waals surface area contributed by atoms with E-state index in [2.05, 4.69) is 15.2 Å². The second kappa shape index (κ2) is 5.29. The largest absolute Gasteiger partial charge is 0.330 e. The molecule has 0 aliphatic rings. The van der Waals surface area contributed by atoms with Crippen molar-refractivity contribution in [1.29, 1.82) is 0 Å². The van der Waals surface area contributed by atoms with Gasteiger partial charge in [0.15, 0.2) is 0 Å². The van der Waals surface area contributed by atoms with E-state index in [0.29, 0.717) is 18.1 Å². The molecular weight excluding hydrogens is 239 g/mol. The Morgan fingerprint density at radius 1 is 1.41 bits per heavy atom. The summed E-state index contributed by atoms with van der Waals surface area (Å²) in [5, 5.41) is 7.33. The molecule has 1 aromatic carbocycles. The molecular formula is C11H13FN4S. The number of nitrogens with two attached hydrogens (primary N) is 1. The maximum absolute atomic E-state index is 13.4. The summed E-state index contributed by atoms with van der Waals surface area (Å²) in [6.07, 6.45) is 0.665. The third-order valence-corrected chi connectivity index (χ3v) is 2.99. The molecule has 90 valence electrons. The molecule has 3 N–H and O–H groups in total. The number of aromatic nitrogens is 3. The summed E-state index contributed by atoms with van der Waals surface area (Å²) in [6.45, 7) is 2.33. The van der Waals surface area contributed by atoms with Gasteiger partial charge >= 0.3 is 0 Å². The molecule has 0 unspecified atom stereocenters. The summed E-state index contributed by atoms with van der Waals surface area (Å²) in [5.74, 6) is 0.483. The predicted molar refractivity (Wildman–Crippen MR) is 64.4 cm³/mol. The van der Waals surface area contributed by atoms with Crippen molar-refractivity contribution in [1.82, 2.24) is 15.2 Å². The van der Waals surface area contributed by atoms with E-state index in [1.807, 2.05) is 13.0 Å². The Hall–Kier alpha value is -1.40. The topological polar surface area (TPSA) is 67.6 Å². The highest BCUT2D eigenvalue weighted by molar-refractivity contribution is 7.99. The Balaban J connectivity index is 2.20. The van der Waals surface area contributed by atoms with Crippen LogP contribution in [-0.2, 0) is 6.42 Å². The molecule has 2 aromatic rings. The molecule has 0 bridgehead atoms. The normalized spacial score (nSPS) is 10.8. The average Bonchev–Trinajstić information content (AvgIpc) is 2.63. The van der Waals surface area contributed by atoms with Crippen LogP contribution in [0.1, 0.15) is 11.4 Å². The molecule has 0 fully saturated rings. The molecule has 0 atom stereocenters. The average molecular weight is 252 g/mol. The first-order valence-electron chi connectivity index (χ1n) is 5.24. The monoisotopic (exact) mass is 252 g/mol. The number of benzene rings is 1. The quantitative estimate of drug-likeness (QED) is 0.872. The first-order chi connectivity index (χ1) is 8.17. The van der Waals surface area contributed by atoms with Crippen LogP contribution in [0.4, 0.5) is 4.39 Å². The van der Waals surface area contributed by atoms with Crippen molar-refractivity contribution in [3.05, 3.63) is 35.4 Å². The van der Waals surface area contributed by atoms with E-state index in [9.17, 15) is 4.39 Å². The third-order valence-electron chi connectivity index (χ3n) is 2.15. The number of aromatic amines is 1. The number of H-pyrrole nitrogens is 1. The maximum atomic E-state index is 13.4. The predicted octanol–water partition coefficient (Wildman–Crippen LogP) is 1.90. The Labute approximate surface area is 103 Å². The van der Waals surface area contributed by atoms with Crippen molar-refractivity contribution in [2.45, 2.75) is 23.4 Å². The van der Waals surface area contributed by atoms with Gasteiger partial charge in [-0.2, -0.15) is 0 Å². The minimum Gasteiger partial charge on any atom is -0.330 e. The lowest BCUT2D eigenvalue weighted by Gasteiger charge is -2.03. The Kier molecular flexibility index (Phi) is 3.75. The van der Waals surface area contributed by atoms with Crippen LogP contribution < -0.4 is 5.73 Å². The van der Waals surface area contributed by atoms with Crippen LogP contribution in [0.5, 0.6) is 0 Å². The van der Waals surface area contributed by atoms with Crippen LogP contribution in [-0.4, -0.2) is 21.7 Å². The zero-order valence-electron chi connectivity index (χ0n) is 9.40. The summed E-state index contributed by atoms with van der Waals surface area (Å²) < 4.78 is 13.4. The van der Waals surface area contributed by atoms with E-state index in [0.717, 1.165) is 16.3 Å². The second-order valence-corrected chi connectivity index (χ2v) is 4.68. The highest BCUT2D eigenvalue weighted by Crippen LogP contribution is 2.26. The van der Waals surface area contributed by atoms with Gasteiger partial charge in [0.25, 0.3) is 0 Å². The Morgan fingerprint density at radius 2 is 2.24 bits per heavy atom. The van der Waals surface area contributed by atoms with E-state index in [-0.39, 0.29) is 5.82 Å². The molecule has 0 saturated carbocycles. The van der Waals surface area contributed by atoms with Gasteiger partial charge in [0.05, 0.1) is 0 Å². The summed E-state index contributed by atoms with van der Waals surface area (Å²) in [7, 11) is 0. The second-order valence-electron chi connectivity index (χ2n) is 3.64. The minimum absolute atomic E-state index is 0.259. The van der Waals surface area contributed by atoms with Crippen LogP contribution in [0.3, 0.4) is 0 Å². The lowest BCUT2D eigenvalue weighted by molar-refractivity contribution is 0.621. The summed E-state index contributed by atoms with van der Waals surface area (Å²) in [5.41, 5.74) is 6.35. The number of rotatable bonds is 4. The number of hydrogen-bond donors (Lipinski definition) is 2. The molecule has 0 aliphatic heterocycles. The maximum Gasteiger partial charge on any atom is 0.213 e. The SMILES string of the molecule is Cc1nc(Sc2cc(F)cc(CCN)c2)n[nH]1. The summed E-state index contributed by atoms with van der Waals surface area (Å²) in [6, 6.07) is 4.88. The van der Waals surface area contributed by atoms with Gasteiger partial charge in [-0.05, 0) is 55.4 Å². The molecule has 1 heterocycles. The molecule has 1 aromatic heterocycles. The summed E-state index contributed by atoms with van der Waals surface area (Å²) >= 11 is 1.33. The van der Waals surface area contributed by atoms with Gasteiger partial charge in [0.2, 0.25) is 5.16 Å². The van der Waals surface area contributed by atoms with Gasteiger partial charge in [-0.3, -0.25) is 5.10 Å². The van der Waals surface area contributed by atoms with Gasteiger partial charge in [0.1, 0.15) is 11.6 Å². The molecule has 0 spiro atoms. The van der Waals surface area contributed by atoms with Gasteiger partial charge in [0, 0.05) is 4.90 Å². The molecule has 0 radical (unpaired) electrons. The van der Waals surface area contributed by atoms with Crippen molar-refractivity contribution < 1.29 is 4.39 Å². The van der Waals surface area contributed by atoms with E-state index < -0.39 is 0 Å². The van der Waals surface area contributed by atoms with Crippen LogP contribution in [0.2, 0.25) is 0 Å². The third kappa shape index (κ3) is 3.28. The fourth-order valence-electron chi connectivity index (χ4n) is 1.46. The lowest BCUT2D eigenvalue weighted by Crippen LogP contribution is -2.03. The number of nitrogens with one attached hydrogen (secondary N) is 1. The van der Waals surface area contributed by atoms with Crippen LogP contribution in [0, 0.1) is 12.7 Å². The smallest absolute Gasteiger partial charge is 0.213 e. The van der Waals surface area contributed by atoms with Crippen LogP contribution in [0.25, 0.3) is 0 Å². The van der Waals surface area contributed by atoms with Crippen molar-refractivity contribution >= 4 is 11.8 Å². The van der Waals surface area contributed by atoms with Gasteiger partial charge < -0.3 is 5.73 Å². The molecule has 2 rings (SSSR count). The first kappa shape index (κ1) is 12.1. The van der Waals surface area contributed by atoms with E-state index in [1.165, 1.54) is 23.9 Å². The van der Waals surface area contributed by atoms with E-state index >= 15 is 0 Å². The standard InChI is InChI=1S/C11H13FN4S/c1-7-14-11(16-15-7)17-10-5-8(2-3-13)4-9(12)6-10/h4-6H,2-3,13H2,1H3,(H,14,15,16). The van der Waals surface area contributed by atoms with Crippen LogP contribution >= 0.6 is 11.8 Å². The molecule has 0 aliphatic carbocycles. The first-order valence-corrected chi connectivity index (χ1v) is 6.05. The fraction of sp³-hybridized carbons (Fsp3) is 0.273. The molecule has 6 heteroatoms. The Morgan fingerprint density at radius 3 is 2.88 bits per heavy atom. The zero-order valence-corrected chi connectivity index (χ0v) is 10.2. The lowest BCUT2D eigenvalue weighted by atomic mass is 10.1. The van der Waals surface area contributed by atoms with Crippen molar-refractivity contribution in [3.8, 4) is 0 Å². The van der Waals surface area contributed by atoms with Gasteiger partial charge in [-0.15, -0.1) is 5.10 Å². The zero-order chi connectivity index (χ0) is 12.3. The number of nitrogens with zero attached hydrogens (tertiary/aromatic N) is 2. The Bertz CT molecular complexity index is 512. The minimum atomic E-state index is -0.259. The van der Waals surface area contributed by atoms with E-state index in [1.54, 1.807) is 0 Å². The van der Waals surface area contributed by atoms with Gasteiger partial charge in [-0.25, -0.2) is 9.37 Å². The summed E-state index contributed by atoms with van der Waals surface area (Å²) in [4.78, 5) is 4.95. The highest BCUT2D eigenvalue weighted by atomic mass is 32.2. The molecule has 4 nitrogen and oxygen atoms in total. The van der Waals surface area contributed by atoms with Crippen LogP contribution in [0.15, 0.2) is 28.3 Å². The highest BCUT2D eigenvalue weighted by Gasteiger charge is 2.06. The molecule has 0 saturated heterocycles. The van der Waals surface area contributed by atoms with Gasteiger partial charge in [-0.1, -0.05) is 0 Å². The fourth-order valence-corrected chi connectivity index (χ4v) is 2.33. The van der Waals surface area contributed by atoms with E-state index in [4.69, 9.17) is 5.73 Å².